The Morgan fingerprint density at radius 1 is 1.17 bits per heavy atom. The zero-order chi connectivity index (χ0) is 14.2. The van der Waals surface area contributed by atoms with Crippen molar-refractivity contribution in [1.29, 1.82) is 0 Å². The zero-order valence-corrected chi connectivity index (χ0v) is 12.6. The third-order valence-corrected chi connectivity index (χ3v) is 2.94. The Hall–Kier alpha value is -0.770. The first-order chi connectivity index (χ1) is 8.28. The fourth-order valence-corrected chi connectivity index (χ4v) is 1.30. The lowest BCUT2D eigenvalue weighted by molar-refractivity contribution is -0.320. The summed E-state index contributed by atoms with van der Waals surface area (Å²) in [5, 5.41) is 0. The molecule has 0 aromatic carbocycles. The topological polar surface area (TPSA) is 44.8 Å². The van der Waals surface area contributed by atoms with Gasteiger partial charge in [-0.05, 0) is 33.1 Å². The molecule has 0 saturated heterocycles. The maximum atomic E-state index is 11.4. The molecule has 0 N–H and O–H groups in total. The van der Waals surface area contributed by atoms with Crippen molar-refractivity contribution in [3.63, 3.8) is 0 Å². The summed E-state index contributed by atoms with van der Waals surface area (Å²) >= 11 is 0. The van der Waals surface area contributed by atoms with Gasteiger partial charge in [0.05, 0.1) is 0 Å². The number of carbonyl (C=O) groups is 1. The van der Waals surface area contributed by atoms with Crippen LogP contribution < -0.4 is 0 Å². The van der Waals surface area contributed by atoms with Crippen LogP contribution in [0.4, 0.5) is 4.79 Å². The van der Waals surface area contributed by atoms with Crippen LogP contribution in [0.1, 0.15) is 67.2 Å². The van der Waals surface area contributed by atoms with E-state index in [9.17, 15) is 4.79 Å². The van der Waals surface area contributed by atoms with Gasteiger partial charge in [0, 0.05) is 0 Å². The van der Waals surface area contributed by atoms with Crippen LogP contribution in [0.5, 0.6) is 0 Å². The Kier molecular flexibility index (Phi) is 8.00. The summed E-state index contributed by atoms with van der Waals surface area (Å²) in [7, 11) is 0. The normalized spacial score (nSPS) is 13.5. The van der Waals surface area contributed by atoms with Crippen LogP contribution in [0.3, 0.4) is 0 Å². The molecule has 1 unspecified atom stereocenters. The quantitative estimate of drug-likeness (QED) is 0.279. The molecule has 0 aliphatic carbocycles. The highest BCUT2D eigenvalue weighted by atomic mass is 17.2. The van der Waals surface area contributed by atoms with Gasteiger partial charge < -0.3 is 4.74 Å². The molecule has 0 aliphatic rings. The summed E-state index contributed by atoms with van der Waals surface area (Å²) in [5.74, 6) is 0.259. The number of rotatable bonds is 8. The molecule has 0 radical (unpaired) electrons. The minimum absolute atomic E-state index is 0.177. The van der Waals surface area contributed by atoms with Crippen LogP contribution in [-0.2, 0) is 14.5 Å². The first-order valence-corrected chi connectivity index (χ1v) is 6.84. The predicted octanol–water partition coefficient (Wildman–Crippen LogP) is 4.47. The Morgan fingerprint density at radius 2 is 1.78 bits per heavy atom. The van der Waals surface area contributed by atoms with Crippen molar-refractivity contribution < 1.29 is 19.3 Å². The molecule has 0 rings (SSSR count). The standard InChI is InChI=1S/C14H28O4/c1-7-8-9-10-14(5,6)18-17-13(15)16-12(4)11(2)3/h11-12H,7-10H2,1-6H3. The van der Waals surface area contributed by atoms with E-state index in [-0.39, 0.29) is 12.0 Å². The Balaban J connectivity index is 3.88. The summed E-state index contributed by atoms with van der Waals surface area (Å²) in [6.07, 6.45) is 3.29. The van der Waals surface area contributed by atoms with Gasteiger partial charge in [-0.2, -0.15) is 4.89 Å². The summed E-state index contributed by atoms with van der Waals surface area (Å²) in [6.45, 7) is 11.7. The first-order valence-electron chi connectivity index (χ1n) is 6.84. The van der Waals surface area contributed by atoms with Gasteiger partial charge in [-0.3, -0.25) is 4.89 Å². The zero-order valence-electron chi connectivity index (χ0n) is 12.6. The molecule has 0 heterocycles. The number of unbranched alkanes of at least 4 members (excludes halogenated alkanes) is 2. The molecule has 0 spiro atoms. The fraction of sp³-hybridized carbons (Fsp3) is 0.929. The molecule has 108 valence electrons. The maximum Gasteiger partial charge on any atom is 0.540 e. The molecule has 4 nitrogen and oxygen atoms in total. The van der Waals surface area contributed by atoms with E-state index in [0.717, 1.165) is 25.7 Å². The second kappa shape index (κ2) is 8.35. The fourth-order valence-electron chi connectivity index (χ4n) is 1.30. The van der Waals surface area contributed by atoms with E-state index in [2.05, 4.69) is 6.92 Å². The molecule has 0 aliphatic heterocycles. The van der Waals surface area contributed by atoms with Crippen molar-refractivity contribution in [2.75, 3.05) is 0 Å². The molecule has 0 bridgehead atoms. The van der Waals surface area contributed by atoms with Crippen molar-refractivity contribution in [3.05, 3.63) is 0 Å². The highest BCUT2D eigenvalue weighted by Gasteiger charge is 2.23. The number of carbonyl (C=O) groups excluding carboxylic acids is 1. The van der Waals surface area contributed by atoms with E-state index >= 15 is 0 Å². The van der Waals surface area contributed by atoms with Gasteiger partial charge in [0.1, 0.15) is 11.7 Å². The van der Waals surface area contributed by atoms with Crippen LogP contribution in [-0.4, -0.2) is 17.9 Å². The maximum absolute atomic E-state index is 11.4. The average Bonchev–Trinajstić information content (AvgIpc) is 2.26. The van der Waals surface area contributed by atoms with E-state index in [4.69, 9.17) is 14.5 Å². The second-order valence-electron chi connectivity index (χ2n) is 5.70. The van der Waals surface area contributed by atoms with Gasteiger partial charge in [-0.1, -0.05) is 40.0 Å². The van der Waals surface area contributed by atoms with Gasteiger partial charge >= 0.3 is 6.16 Å². The van der Waals surface area contributed by atoms with E-state index in [1.807, 2.05) is 34.6 Å². The van der Waals surface area contributed by atoms with Crippen LogP contribution in [0, 0.1) is 5.92 Å². The van der Waals surface area contributed by atoms with Gasteiger partial charge in [-0.25, -0.2) is 4.79 Å². The summed E-state index contributed by atoms with van der Waals surface area (Å²) in [5.41, 5.74) is -0.463. The molecular formula is C14H28O4. The highest BCUT2D eigenvalue weighted by Crippen LogP contribution is 2.19. The number of hydrogen-bond acceptors (Lipinski definition) is 4. The summed E-state index contributed by atoms with van der Waals surface area (Å²) < 4.78 is 5.05. The van der Waals surface area contributed by atoms with E-state index in [0.29, 0.717) is 0 Å². The van der Waals surface area contributed by atoms with Crippen LogP contribution in [0.2, 0.25) is 0 Å². The SMILES string of the molecule is CCCCCC(C)(C)OOC(=O)OC(C)C(C)C. The largest absolute Gasteiger partial charge is 0.540 e. The van der Waals surface area contributed by atoms with Crippen molar-refractivity contribution in [1.82, 2.24) is 0 Å². The lowest BCUT2D eigenvalue weighted by Gasteiger charge is -2.23. The van der Waals surface area contributed by atoms with Crippen LogP contribution in [0.15, 0.2) is 0 Å². The Labute approximate surface area is 111 Å². The molecule has 1 atom stereocenters. The van der Waals surface area contributed by atoms with Gasteiger partial charge in [0.25, 0.3) is 0 Å². The lowest BCUT2D eigenvalue weighted by atomic mass is 10.0. The molecule has 0 aromatic heterocycles. The van der Waals surface area contributed by atoms with Gasteiger partial charge in [0.2, 0.25) is 0 Å². The molecule has 0 aromatic rings. The third-order valence-electron chi connectivity index (χ3n) is 2.94. The summed E-state index contributed by atoms with van der Waals surface area (Å²) in [6, 6.07) is 0. The highest BCUT2D eigenvalue weighted by molar-refractivity contribution is 5.59. The lowest BCUT2D eigenvalue weighted by Crippen LogP contribution is -2.28. The van der Waals surface area contributed by atoms with E-state index in [1.54, 1.807) is 0 Å². The van der Waals surface area contributed by atoms with Crippen molar-refractivity contribution >= 4 is 6.16 Å². The average molecular weight is 260 g/mol. The van der Waals surface area contributed by atoms with Crippen molar-refractivity contribution in [2.45, 2.75) is 78.9 Å². The van der Waals surface area contributed by atoms with Crippen molar-refractivity contribution in [2.24, 2.45) is 5.92 Å². The molecule has 0 amide bonds. The van der Waals surface area contributed by atoms with Crippen LogP contribution >= 0.6 is 0 Å². The minimum Gasteiger partial charge on any atom is -0.429 e. The molecule has 0 saturated carbocycles. The predicted molar refractivity (Wildman–Crippen MR) is 71.2 cm³/mol. The Bertz CT molecular complexity index is 236. The molecule has 0 fully saturated rings. The number of ether oxygens (including phenoxy) is 1. The van der Waals surface area contributed by atoms with Gasteiger partial charge in [-0.15, -0.1) is 0 Å². The van der Waals surface area contributed by atoms with E-state index in [1.165, 1.54) is 0 Å². The van der Waals surface area contributed by atoms with Gasteiger partial charge in [0.15, 0.2) is 0 Å². The molecule has 4 heteroatoms. The van der Waals surface area contributed by atoms with E-state index < -0.39 is 11.8 Å². The minimum atomic E-state index is -0.764. The first kappa shape index (κ1) is 17.2. The van der Waals surface area contributed by atoms with Crippen LogP contribution in [0.25, 0.3) is 0 Å². The second-order valence-corrected chi connectivity index (χ2v) is 5.70. The monoisotopic (exact) mass is 260 g/mol. The van der Waals surface area contributed by atoms with Crippen molar-refractivity contribution in [3.8, 4) is 0 Å². The summed E-state index contributed by atoms with van der Waals surface area (Å²) in [4.78, 5) is 21.2. The Morgan fingerprint density at radius 3 is 2.28 bits per heavy atom. The molecule has 18 heavy (non-hydrogen) atoms. The number of hydrogen-bond donors (Lipinski definition) is 0. The smallest absolute Gasteiger partial charge is 0.429 e. The molecular weight excluding hydrogens is 232 g/mol. The third kappa shape index (κ3) is 8.34.